The van der Waals surface area contributed by atoms with Gasteiger partial charge in [0.15, 0.2) is 17.2 Å². The van der Waals surface area contributed by atoms with Crippen LogP contribution in [0, 0.1) is 22.7 Å². The van der Waals surface area contributed by atoms with Crippen LogP contribution in [0.15, 0.2) is 18.3 Å². The van der Waals surface area contributed by atoms with E-state index >= 15 is 0 Å². The molecule has 0 saturated heterocycles. The van der Waals surface area contributed by atoms with Crippen LogP contribution in [-0.2, 0) is 4.74 Å². The number of anilines is 1. The summed E-state index contributed by atoms with van der Waals surface area (Å²) in [5, 5.41) is 18.5. The molecule has 0 saturated carbocycles. The van der Waals surface area contributed by atoms with Crippen molar-refractivity contribution >= 4 is 11.7 Å². The number of nitrogens with zero attached hydrogens (tertiary/aromatic N) is 3. The summed E-state index contributed by atoms with van der Waals surface area (Å²) in [4.78, 5) is 12.0. The summed E-state index contributed by atoms with van der Waals surface area (Å²) in [6.45, 7) is 0.0464. The van der Waals surface area contributed by atoms with Crippen molar-refractivity contribution in [3.8, 4) is 29.3 Å². The van der Waals surface area contributed by atoms with Crippen molar-refractivity contribution in [1.82, 2.24) is 4.57 Å². The Morgan fingerprint density at radius 2 is 1.91 bits per heavy atom. The van der Waals surface area contributed by atoms with Gasteiger partial charge in [0.05, 0.1) is 29.6 Å². The van der Waals surface area contributed by atoms with Crippen molar-refractivity contribution in [2.24, 2.45) is 0 Å². The molecule has 23 heavy (non-hydrogen) atoms. The summed E-state index contributed by atoms with van der Waals surface area (Å²) in [6, 6.07) is 6.98. The lowest BCUT2D eigenvalue weighted by molar-refractivity contribution is 0.0593. The van der Waals surface area contributed by atoms with Gasteiger partial charge in [0.2, 0.25) is 6.79 Å². The molecule has 2 aromatic rings. The van der Waals surface area contributed by atoms with E-state index in [9.17, 15) is 10.1 Å². The molecule has 1 aliphatic heterocycles. The minimum Gasteiger partial charge on any atom is -0.464 e. The first-order valence-electron chi connectivity index (χ1n) is 6.44. The Labute approximate surface area is 130 Å². The van der Waals surface area contributed by atoms with Gasteiger partial charge in [0, 0.05) is 18.3 Å². The number of hydrogen-bond donors (Lipinski definition) is 1. The van der Waals surface area contributed by atoms with E-state index < -0.39 is 5.97 Å². The smallest absolute Gasteiger partial charge is 0.357 e. The van der Waals surface area contributed by atoms with Crippen LogP contribution in [-0.4, -0.2) is 24.4 Å². The lowest BCUT2D eigenvalue weighted by atomic mass is 10.1. The molecule has 2 N–H and O–H groups in total. The molecular weight excluding hydrogens is 300 g/mol. The Kier molecular flexibility index (Phi) is 3.28. The standard InChI is InChI=1S/C15H10N4O4/c1-21-15(20)14-13(18)9(5-17)6-19(14)10-3-12-11(22-7-23-12)2-8(10)4-16/h2-3,6H,7,18H2,1H3. The highest BCUT2D eigenvalue weighted by atomic mass is 16.7. The number of nitriles is 2. The van der Waals surface area contributed by atoms with Gasteiger partial charge >= 0.3 is 5.97 Å². The van der Waals surface area contributed by atoms with Gasteiger partial charge in [-0.05, 0) is 0 Å². The van der Waals surface area contributed by atoms with Crippen molar-refractivity contribution in [2.45, 2.75) is 0 Å². The maximum atomic E-state index is 12.0. The second-order valence-electron chi connectivity index (χ2n) is 4.61. The number of methoxy groups -OCH3 is 1. The van der Waals surface area contributed by atoms with E-state index in [1.54, 1.807) is 6.07 Å². The first kappa shape index (κ1) is 14.3. The summed E-state index contributed by atoms with van der Waals surface area (Å²) in [5.41, 5.74) is 6.49. The van der Waals surface area contributed by atoms with Gasteiger partial charge in [-0.3, -0.25) is 0 Å². The van der Waals surface area contributed by atoms with Crippen LogP contribution in [0.4, 0.5) is 5.69 Å². The Bertz CT molecular complexity index is 902. The number of ether oxygens (including phenoxy) is 3. The van der Waals surface area contributed by atoms with Crippen molar-refractivity contribution < 1.29 is 19.0 Å². The molecule has 0 unspecified atom stereocenters. The molecule has 0 radical (unpaired) electrons. The van der Waals surface area contributed by atoms with Gasteiger partial charge in [-0.1, -0.05) is 0 Å². The number of aromatic nitrogens is 1. The topological polar surface area (TPSA) is 123 Å². The third-order valence-corrected chi connectivity index (χ3v) is 3.41. The van der Waals surface area contributed by atoms with Crippen molar-refractivity contribution in [3.63, 3.8) is 0 Å². The number of hydrogen-bond acceptors (Lipinski definition) is 7. The molecule has 0 aliphatic carbocycles. The second kappa shape index (κ2) is 5.28. The summed E-state index contributed by atoms with van der Waals surface area (Å²) < 4.78 is 16.6. The predicted octanol–water partition coefficient (Wildman–Crippen LogP) is 1.32. The van der Waals surface area contributed by atoms with Crippen LogP contribution in [0.3, 0.4) is 0 Å². The Morgan fingerprint density at radius 1 is 1.26 bits per heavy atom. The number of fused-ring (bicyclic) bond motifs is 1. The zero-order valence-electron chi connectivity index (χ0n) is 12.0. The molecule has 0 bridgehead atoms. The van der Waals surface area contributed by atoms with E-state index in [4.69, 9.17) is 25.2 Å². The Hall–Kier alpha value is -3.65. The molecule has 3 rings (SSSR count). The van der Waals surface area contributed by atoms with Crippen molar-refractivity contribution in [3.05, 3.63) is 35.2 Å². The van der Waals surface area contributed by atoms with Crippen molar-refractivity contribution in [1.29, 1.82) is 10.5 Å². The number of carbonyl (C=O) groups excluding carboxylic acids is 1. The summed E-state index contributed by atoms with van der Waals surface area (Å²) in [7, 11) is 1.20. The molecule has 0 fully saturated rings. The SMILES string of the molecule is COC(=O)c1c(N)c(C#N)cn1-c1cc2c(cc1C#N)OCO2. The summed E-state index contributed by atoms with van der Waals surface area (Å²) >= 11 is 0. The van der Waals surface area contributed by atoms with Crippen LogP contribution in [0.2, 0.25) is 0 Å². The minimum atomic E-state index is -0.717. The average Bonchev–Trinajstić information content (AvgIpc) is 3.16. The minimum absolute atomic E-state index is 0.0130. The van der Waals surface area contributed by atoms with Gasteiger partial charge in [-0.15, -0.1) is 0 Å². The molecule has 1 aromatic carbocycles. The highest BCUT2D eigenvalue weighted by molar-refractivity contribution is 5.96. The van der Waals surface area contributed by atoms with Gasteiger partial charge in [0.25, 0.3) is 0 Å². The first-order chi connectivity index (χ1) is 11.1. The number of nitrogens with two attached hydrogens (primary N) is 1. The maximum Gasteiger partial charge on any atom is 0.357 e. The number of carbonyl (C=O) groups is 1. The first-order valence-corrected chi connectivity index (χ1v) is 6.44. The number of benzene rings is 1. The van der Waals surface area contributed by atoms with E-state index in [1.807, 2.05) is 12.1 Å². The maximum absolute atomic E-state index is 12.0. The molecule has 0 amide bonds. The second-order valence-corrected chi connectivity index (χ2v) is 4.61. The van der Waals surface area contributed by atoms with E-state index in [1.165, 1.54) is 23.9 Å². The fourth-order valence-corrected chi connectivity index (χ4v) is 2.32. The quantitative estimate of drug-likeness (QED) is 0.829. The Balaban J connectivity index is 2.30. The van der Waals surface area contributed by atoms with Crippen LogP contribution in [0.5, 0.6) is 11.5 Å². The highest BCUT2D eigenvalue weighted by Crippen LogP contribution is 2.37. The van der Waals surface area contributed by atoms with Gasteiger partial charge in [0.1, 0.15) is 12.1 Å². The van der Waals surface area contributed by atoms with E-state index in [0.29, 0.717) is 17.2 Å². The van der Waals surface area contributed by atoms with Gasteiger partial charge in [-0.25, -0.2) is 4.79 Å². The molecule has 0 atom stereocenters. The van der Waals surface area contributed by atoms with E-state index in [0.717, 1.165) is 0 Å². The molecule has 114 valence electrons. The molecule has 0 spiro atoms. The van der Waals surface area contributed by atoms with E-state index in [-0.39, 0.29) is 29.3 Å². The Morgan fingerprint density at radius 3 is 2.52 bits per heavy atom. The fourth-order valence-electron chi connectivity index (χ4n) is 2.32. The average molecular weight is 310 g/mol. The number of nitrogen functional groups attached to an aromatic ring is 1. The van der Waals surface area contributed by atoms with Crippen LogP contribution < -0.4 is 15.2 Å². The van der Waals surface area contributed by atoms with Crippen molar-refractivity contribution in [2.75, 3.05) is 19.6 Å². The zero-order valence-corrected chi connectivity index (χ0v) is 12.0. The van der Waals surface area contributed by atoms with Crippen LogP contribution >= 0.6 is 0 Å². The molecule has 8 heteroatoms. The van der Waals surface area contributed by atoms with Gasteiger partial charge < -0.3 is 24.5 Å². The third-order valence-electron chi connectivity index (χ3n) is 3.41. The van der Waals surface area contributed by atoms with E-state index in [2.05, 4.69) is 0 Å². The predicted molar refractivity (Wildman–Crippen MR) is 77.1 cm³/mol. The number of rotatable bonds is 2. The zero-order chi connectivity index (χ0) is 16.6. The third kappa shape index (κ3) is 2.10. The fraction of sp³-hybridized carbons (Fsp3) is 0.133. The lowest BCUT2D eigenvalue weighted by Crippen LogP contribution is -2.12. The lowest BCUT2D eigenvalue weighted by Gasteiger charge is -2.11. The number of esters is 1. The summed E-state index contributed by atoms with van der Waals surface area (Å²) in [6.07, 6.45) is 1.37. The molecule has 1 aromatic heterocycles. The summed E-state index contributed by atoms with van der Waals surface area (Å²) in [5.74, 6) is 0.150. The highest BCUT2D eigenvalue weighted by Gasteiger charge is 2.25. The van der Waals surface area contributed by atoms with Crippen LogP contribution in [0.1, 0.15) is 21.6 Å². The molecular formula is C15H10N4O4. The van der Waals surface area contributed by atoms with Crippen LogP contribution in [0.25, 0.3) is 5.69 Å². The normalized spacial score (nSPS) is 11.6. The molecule has 8 nitrogen and oxygen atoms in total. The van der Waals surface area contributed by atoms with Gasteiger partial charge in [-0.2, -0.15) is 10.5 Å². The molecule has 1 aliphatic rings. The largest absolute Gasteiger partial charge is 0.464 e. The molecule has 2 heterocycles. The monoisotopic (exact) mass is 310 g/mol.